The molecule has 0 spiro atoms. The van der Waals surface area contributed by atoms with E-state index >= 15 is 0 Å². The number of rotatable bonds is 5. The Morgan fingerprint density at radius 3 is 1.64 bits per heavy atom. The molecule has 0 bridgehead atoms. The van der Waals surface area contributed by atoms with Crippen LogP contribution in [0.3, 0.4) is 0 Å². The lowest BCUT2D eigenvalue weighted by Crippen LogP contribution is -2.06. The van der Waals surface area contributed by atoms with Gasteiger partial charge in [0.1, 0.15) is 0 Å². The molecule has 10 rings (SSSR count). The van der Waals surface area contributed by atoms with Crippen LogP contribution >= 0.6 is 11.3 Å². The highest BCUT2D eigenvalue weighted by Crippen LogP contribution is 2.47. The zero-order chi connectivity index (χ0) is 33.0. The van der Waals surface area contributed by atoms with Gasteiger partial charge in [-0.1, -0.05) is 152 Å². The Morgan fingerprint density at radius 1 is 0.420 bits per heavy atom. The van der Waals surface area contributed by atoms with Crippen LogP contribution in [0.4, 0.5) is 0 Å². The lowest BCUT2D eigenvalue weighted by atomic mass is 9.97. The third kappa shape index (κ3) is 4.63. The molecular weight excluding hydrogens is 629 g/mol. The fourth-order valence-corrected chi connectivity index (χ4v) is 8.40. The van der Waals surface area contributed by atoms with Crippen molar-refractivity contribution in [2.75, 3.05) is 0 Å². The van der Waals surface area contributed by atoms with E-state index in [1.807, 2.05) is 35.6 Å². The quantitative estimate of drug-likeness (QED) is 0.185. The van der Waals surface area contributed by atoms with Gasteiger partial charge in [-0.2, -0.15) is 9.97 Å². The van der Waals surface area contributed by atoms with Crippen molar-refractivity contribution in [3.63, 3.8) is 0 Å². The number of thiophene rings is 1. The number of nitrogens with zero attached hydrogens (tertiary/aromatic N) is 4. The maximum atomic E-state index is 5.26. The van der Waals surface area contributed by atoms with Gasteiger partial charge in [-0.15, -0.1) is 11.3 Å². The van der Waals surface area contributed by atoms with Crippen molar-refractivity contribution in [1.82, 2.24) is 19.5 Å². The molecule has 50 heavy (non-hydrogen) atoms. The summed E-state index contributed by atoms with van der Waals surface area (Å²) < 4.78 is 4.73. The van der Waals surface area contributed by atoms with Gasteiger partial charge in [0.05, 0.1) is 15.7 Å². The first-order chi connectivity index (χ1) is 24.8. The third-order valence-corrected chi connectivity index (χ3v) is 10.7. The van der Waals surface area contributed by atoms with Crippen LogP contribution < -0.4 is 0 Å². The second kappa shape index (κ2) is 11.6. The van der Waals surface area contributed by atoms with Gasteiger partial charge in [0.25, 0.3) is 0 Å². The van der Waals surface area contributed by atoms with Gasteiger partial charge in [-0.25, -0.2) is 4.98 Å². The topological polar surface area (TPSA) is 43.6 Å². The number of hydrogen-bond donors (Lipinski definition) is 0. The Labute approximate surface area is 292 Å². The molecule has 0 atom stereocenters. The Bertz CT molecular complexity index is 2840. The van der Waals surface area contributed by atoms with Crippen LogP contribution in [-0.2, 0) is 0 Å². The van der Waals surface area contributed by atoms with Gasteiger partial charge in [-0.3, -0.25) is 4.57 Å². The SMILES string of the molecule is c1ccc(-c2ccc(-c3nc(-c4ccccc4)nc(-n4c5ccccc5c5cc(-c6ccccc6)c6c7ccccc7sc6c54)n3)cc2)cc1. The zero-order valence-electron chi connectivity index (χ0n) is 26.9. The highest BCUT2D eigenvalue weighted by molar-refractivity contribution is 7.26. The normalized spacial score (nSPS) is 11.6. The van der Waals surface area contributed by atoms with Gasteiger partial charge in [0.2, 0.25) is 5.95 Å². The summed E-state index contributed by atoms with van der Waals surface area (Å²) in [6, 6.07) is 59.6. The van der Waals surface area contributed by atoms with Gasteiger partial charge in [0, 0.05) is 37.4 Å². The molecule has 0 unspecified atom stereocenters. The monoisotopic (exact) mass is 656 g/mol. The molecule has 0 saturated heterocycles. The largest absolute Gasteiger partial charge is 0.276 e. The summed E-state index contributed by atoms with van der Waals surface area (Å²) in [5.41, 5.74) is 8.80. The molecule has 0 radical (unpaired) electrons. The fourth-order valence-electron chi connectivity index (χ4n) is 7.14. The molecule has 4 nitrogen and oxygen atoms in total. The first-order valence-corrected chi connectivity index (χ1v) is 17.5. The van der Waals surface area contributed by atoms with E-state index in [4.69, 9.17) is 15.0 Å². The van der Waals surface area contributed by atoms with Gasteiger partial charge in [-0.05, 0) is 40.5 Å². The lowest BCUT2D eigenvalue weighted by molar-refractivity contribution is 0.955. The number of para-hydroxylation sites is 1. The summed E-state index contributed by atoms with van der Waals surface area (Å²) in [4.78, 5) is 15.5. The first kappa shape index (κ1) is 28.6. The second-order valence-corrected chi connectivity index (χ2v) is 13.5. The maximum absolute atomic E-state index is 5.26. The van der Waals surface area contributed by atoms with Crippen molar-refractivity contribution in [2.45, 2.75) is 0 Å². The van der Waals surface area contributed by atoms with Crippen molar-refractivity contribution in [3.05, 3.63) is 170 Å². The Kier molecular flexibility index (Phi) is 6.64. The van der Waals surface area contributed by atoms with Crippen molar-refractivity contribution in [3.8, 4) is 51.0 Å². The van der Waals surface area contributed by atoms with Crippen LogP contribution in [0.25, 0.3) is 93.0 Å². The maximum Gasteiger partial charge on any atom is 0.238 e. The van der Waals surface area contributed by atoms with Crippen LogP contribution in [0, 0.1) is 0 Å². The summed E-state index contributed by atoms with van der Waals surface area (Å²) in [5.74, 6) is 1.86. The molecule has 7 aromatic carbocycles. The standard InChI is InChI=1S/C45H28N4S/c1-4-14-29(15-5-1)30-24-26-33(27-25-30)44-46-43(32-18-8-3-9-19-32)47-45(48-44)49-38-22-12-10-20-34(38)37-28-36(31-16-6-2-7-17-31)40-35-21-11-13-23-39(35)50-42(40)41(37)49/h1-28H. The van der Waals surface area contributed by atoms with E-state index in [0.29, 0.717) is 17.6 Å². The number of fused-ring (bicyclic) bond motifs is 7. The minimum atomic E-state index is 0.596. The average molecular weight is 657 g/mol. The summed E-state index contributed by atoms with van der Waals surface area (Å²) in [6.07, 6.45) is 0. The van der Waals surface area contributed by atoms with Crippen molar-refractivity contribution < 1.29 is 0 Å². The number of benzene rings is 7. The Hall–Kier alpha value is -6.43. The van der Waals surface area contributed by atoms with E-state index < -0.39 is 0 Å². The molecule has 0 N–H and O–H groups in total. The molecule has 10 aromatic rings. The lowest BCUT2D eigenvalue weighted by Gasteiger charge is -2.12. The molecule has 0 aliphatic rings. The van der Waals surface area contributed by atoms with E-state index in [1.54, 1.807) is 0 Å². The summed E-state index contributed by atoms with van der Waals surface area (Å²) in [5, 5.41) is 4.84. The predicted molar refractivity (Wildman–Crippen MR) is 209 cm³/mol. The van der Waals surface area contributed by atoms with E-state index in [-0.39, 0.29) is 0 Å². The summed E-state index contributed by atoms with van der Waals surface area (Å²) >= 11 is 1.83. The Morgan fingerprint density at radius 2 is 0.940 bits per heavy atom. The number of aromatic nitrogens is 4. The smallest absolute Gasteiger partial charge is 0.238 e. The summed E-state index contributed by atoms with van der Waals surface area (Å²) in [7, 11) is 0. The van der Waals surface area contributed by atoms with Crippen molar-refractivity contribution >= 4 is 53.3 Å². The minimum Gasteiger partial charge on any atom is -0.276 e. The van der Waals surface area contributed by atoms with Crippen LogP contribution in [0.5, 0.6) is 0 Å². The fraction of sp³-hybridized carbons (Fsp3) is 0. The van der Waals surface area contributed by atoms with Crippen LogP contribution in [0.1, 0.15) is 0 Å². The molecule has 234 valence electrons. The second-order valence-electron chi connectivity index (χ2n) is 12.4. The average Bonchev–Trinajstić information content (AvgIpc) is 3.75. The van der Waals surface area contributed by atoms with Crippen LogP contribution in [0.2, 0.25) is 0 Å². The highest BCUT2D eigenvalue weighted by Gasteiger charge is 2.23. The number of hydrogen-bond acceptors (Lipinski definition) is 4. The zero-order valence-corrected chi connectivity index (χ0v) is 27.7. The minimum absolute atomic E-state index is 0.596. The van der Waals surface area contributed by atoms with Gasteiger partial charge >= 0.3 is 0 Å². The predicted octanol–water partition coefficient (Wildman–Crippen LogP) is 12.0. The summed E-state index contributed by atoms with van der Waals surface area (Å²) in [6.45, 7) is 0. The van der Waals surface area contributed by atoms with E-state index in [9.17, 15) is 0 Å². The molecule has 0 aliphatic carbocycles. The molecule has 0 amide bonds. The molecule has 5 heteroatoms. The molecule has 0 aliphatic heterocycles. The molecule has 0 fully saturated rings. The first-order valence-electron chi connectivity index (χ1n) is 16.7. The highest BCUT2D eigenvalue weighted by atomic mass is 32.1. The van der Waals surface area contributed by atoms with E-state index in [2.05, 4.69) is 150 Å². The third-order valence-electron chi connectivity index (χ3n) is 9.47. The molecular formula is C45H28N4S. The molecule has 3 aromatic heterocycles. The van der Waals surface area contributed by atoms with Crippen LogP contribution in [-0.4, -0.2) is 19.5 Å². The van der Waals surface area contributed by atoms with Crippen molar-refractivity contribution in [1.29, 1.82) is 0 Å². The molecule has 0 saturated carbocycles. The molecule has 3 heterocycles. The van der Waals surface area contributed by atoms with Crippen LogP contribution in [0.15, 0.2) is 170 Å². The Balaban J connectivity index is 1.29. The van der Waals surface area contributed by atoms with Crippen molar-refractivity contribution in [2.24, 2.45) is 0 Å². The van der Waals surface area contributed by atoms with E-state index in [1.165, 1.54) is 42.2 Å². The van der Waals surface area contributed by atoms with Gasteiger partial charge < -0.3 is 0 Å². The van der Waals surface area contributed by atoms with E-state index in [0.717, 1.165) is 33.1 Å². The van der Waals surface area contributed by atoms with Gasteiger partial charge in [0.15, 0.2) is 11.6 Å².